The zero-order valence-corrected chi connectivity index (χ0v) is 11.7. The lowest BCUT2D eigenvalue weighted by atomic mass is 9.95. The van der Waals surface area contributed by atoms with Crippen molar-refractivity contribution in [2.24, 2.45) is 0 Å². The second-order valence-electron chi connectivity index (χ2n) is 4.97. The van der Waals surface area contributed by atoms with Crippen molar-refractivity contribution in [2.75, 3.05) is 13.2 Å². The van der Waals surface area contributed by atoms with Crippen LogP contribution in [0.15, 0.2) is 60.7 Å². The second kappa shape index (κ2) is 8.51. The zero-order chi connectivity index (χ0) is 14.0. The number of aliphatic hydroxyl groups excluding tert-OH is 1. The molecule has 2 rings (SSSR count). The van der Waals surface area contributed by atoms with Crippen molar-refractivity contribution in [1.29, 1.82) is 0 Å². The van der Waals surface area contributed by atoms with Crippen LogP contribution in [0.1, 0.15) is 29.9 Å². The topological polar surface area (TPSA) is 29.5 Å². The van der Waals surface area contributed by atoms with Crippen LogP contribution in [-0.4, -0.2) is 18.3 Å². The van der Waals surface area contributed by atoms with E-state index in [1.165, 1.54) is 11.1 Å². The molecule has 2 aromatic rings. The molecule has 0 aliphatic heterocycles. The Kier molecular flexibility index (Phi) is 6.28. The summed E-state index contributed by atoms with van der Waals surface area (Å²) in [4.78, 5) is 0. The lowest BCUT2D eigenvalue weighted by molar-refractivity contribution is 0.102. The van der Waals surface area contributed by atoms with E-state index in [-0.39, 0.29) is 6.61 Å². The Balaban J connectivity index is 1.88. The van der Waals surface area contributed by atoms with Crippen LogP contribution in [0.5, 0.6) is 0 Å². The molecule has 0 bridgehead atoms. The smallest absolute Gasteiger partial charge is 0.0717 e. The molecular formula is C18H22O2. The molecule has 0 spiro atoms. The van der Waals surface area contributed by atoms with Crippen molar-refractivity contribution >= 4 is 0 Å². The van der Waals surface area contributed by atoms with Gasteiger partial charge in [-0.2, -0.15) is 0 Å². The summed E-state index contributed by atoms with van der Waals surface area (Å²) in [5.74, 6) is 0.354. The monoisotopic (exact) mass is 270 g/mol. The molecule has 1 unspecified atom stereocenters. The van der Waals surface area contributed by atoms with Gasteiger partial charge >= 0.3 is 0 Å². The van der Waals surface area contributed by atoms with E-state index in [9.17, 15) is 0 Å². The number of hydrogen-bond acceptors (Lipinski definition) is 2. The Labute approximate surface area is 121 Å². The van der Waals surface area contributed by atoms with E-state index in [4.69, 9.17) is 9.84 Å². The molecule has 0 aliphatic carbocycles. The van der Waals surface area contributed by atoms with Crippen molar-refractivity contribution in [3.63, 3.8) is 0 Å². The van der Waals surface area contributed by atoms with Crippen LogP contribution in [0.25, 0.3) is 0 Å². The predicted molar refractivity (Wildman–Crippen MR) is 81.6 cm³/mol. The largest absolute Gasteiger partial charge is 0.396 e. The highest BCUT2D eigenvalue weighted by atomic mass is 16.5. The van der Waals surface area contributed by atoms with Gasteiger partial charge in [-0.15, -0.1) is 0 Å². The van der Waals surface area contributed by atoms with Gasteiger partial charge in [-0.05, 0) is 24.0 Å². The molecule has 2 aromatic carbocycles. The fourth-order valence-corrected chi connectivity index (χ4v) is 2.30. The molecule has 0 heterocycles. The van der Waals surface area contributed by atoms with Crippen molar-refractivity contribution in [1.82, 2.24) is 0 Å². The maximum Gasteiger partial charge on any atom is 0.0717 e. The number of hydrogen-bond donors (Lipinski definition) is 1. The average molecular weight is 270 g/mol. The highest BCUT2D eigenvalue weighted by Crippen LogP contribution is 2.21. The van der Waals surface area contributed by atoms with Crippen LogP contribution in [0.3, 0.4) is 0 Å². The Morgan fingerprint density at radius 3 is 2.20 bits per heavy atom. The minimum absolute atomic E-state index is 0.238. The summed E-state index contributed by atoms with van der Waals surface area (Å²) in [6, 6.07) is 20.6. The molecular weight excluding hydrogens is 248 g/mol. The molecule has 1 N–H and O–H groups in total. The van der Waals surface area contributed by atoms with Crippen LogP contribution < -0.4 is 0 Å². The third-order valence-electron chi connectivity index (χ3n) is 3.41. The molecule has 0 aromatic heterocycles. The molecule has 0 fully saturated rings. The molecule has 1 atom stereocenters. The number of ether oxygens (including phenoxy) is 1. The second-order valence-corrected chi connectivity index (χ2v) is 4.97. The molecule has 20 heavy (non-hydrogen) atoms. The van der Waals surface area contributed by atoms with Crippen molar-refractivity contribution in [2.45, 2.75) is 25.4 Å². The number of rotatable bonds is 8. The third-order valence-corrected chi connectivity index (χ3v) is 3.41. The van der Waals surface area contributed by atoms with Gasteiger partial charge in [-0.3, -0.25) is 0 Å². The van der Waals surface area contributed by atoms with Gasteiger partial charge in [0.05, 0.1) is 13.2 Å². The first-order valence-electron chi connectivity index (χ1n) is 7.17. The van der Waals surface area contributed by atoms with Crippen LogP contribution in [0, 0.1) is 0 Å². The summed E-state index contributed by atoms with van der Waals surface area (Å²) in [6.07, 6.45) is 1.77. The molecule has 0 saturated carbocycles. The van der Waals surface area contributed by atoms with Gasteiger partial charge in [0.1, 0.15) is 0 Å². The van der Waals surface area contributed by atoms with E-state index in [1.54, 1.807) is 0 Å². The Morgan fingerprint density at radius 1 is 0.900 bits per heavy atom. The third kappa shape index (κ3) is 4.80. The highest BCUT2D eigenvalue weighted by Gasteiger charge is 2.11. The van der Waals surface area contributed by atoms with Crippen LogP contribution in [0.2, 0.25) is 0 Å². The van der Waals surface area contributed by atoms with Crippen LogP contribution in [-0.2, 0) is 11.3 Å². The summed E-state index contributed by atoms with van der Waals surface area (Å²) in [6.45, 7) is 1.57. The Morgan fingerprint density at radius 2 is 1.55 bits per heavy atom. The molecule has 0 aliphatic rings. The first-order chi connectivity index (χ1) is 9.90. The van der Waals surface area contributed by atoms with E-state index in [0.29, 0.717) is 19.1 Å². The maximum atomic E-state index is 9.02. The fourth-order valence-electron chi connectivity index (χ4n) is 2.30. The molecule has 2 nitrogen and oxygen atoms in total. The Hall–Kier alpha value is -1.64. The quantitative estimate of drug-likeness (QED) is 0.791. The average Bonchev–Trinajstić information content (AvgIpc) is 2.52. The highest BCUT2D eigenvalue weighted by molar-refractivity contribution is 5.19. The van der Waals surface area contributed by atoms with Gasteiger partial charge in [0.15, 0.2) is 0 Å². The molecule has 2 heteroatoms. The predicted octanol–water partition coefficient (Wildman–Crippen LogP) is 3.76. The first kappa shape index (κ1) is 14.8. The molecule has 0 saturated heterocycles. The van der Waals surface area contributed by atoms with Gasteiger partial charge in [0.25, 0.3) is 0 Å². The van der Waals surface area contributed by atoms with Crippen LogP contribution >= 0.6 is 0 Å². The van der Waals surface area contributed by atoms with E-state index in [2.05, 4.69) is 36.4 Å². The van der Waals surface area contributed by atoms with Crippen LogP contribution in [0.4, 0.5) is 0 Å². The standard InChI is InChI=1S/C18H22O2/c19-13-7-12-18(17-10-5-2-6-11-17)15-20-14-16-8-3-1-4-9-16/h1-6,8-11,18-19H,7,12-15H2. The number of benzene rings is 2. The zero-order valence-electron chi connectivity index (χ0n) is 11.7. The normalized spacial score (nSPS) is 12.2. The van der Waals surface area contributed by atoms with E-state index in [0.717, 1.165) is 12.8 Å². The minimum Gasteiger partial charge on any atom is -0.396 e. The summed E-state index contributed by atoms with van der Waals surface area (Å²) < 4.78 is 5.85. The SMILES string of the molecule is OCCCC(COCc1ccccc1)c1ccccc1. The van der Waals surface area contributed by atoms with Gasteiger partial charge in [-0.1, -0.05) is 60.7 Å². The van der Waals surface area contributed by atoms with Crippen molar-refractivity contribution in [3.05, 3.63) is 71.8 Å². The fraction of sp³-hybridized carbons (Fsp3) is 0.333. The molecule has 106 valence electrons. The van der Waals surface area contributed by atoms with Gasteiger partial charge in [0, 0.05) is 12.5 Å². The van der Waals surface area contributed by atoms with Gasteiger partial charge < -0.3 is 9.84 Å². The van der Waals surface area contributed by atoms with Crippen molar-refractivity contribution in [3.8, 4) is 0 Å². The lowest BCUT2D eigenvalue weighted by Crippen LogP contribution is -2.09. The van der Waals surface area contributed by atoms with E-state index < -0.39 is 0 Å². The first-order valence-corrected chi connectivity index (χ1v) is 7.17. The summed E-state index contributed by atoms with van der Waals surface area (Å²) in [5.41, 5.74) is 2.48. The molecule has 0 radical (unpaired) electrons. The minimum atomic E-state index is 0.238. The summed E-state index contributed by atoms with van der Waals surface area (Å²) >= 11 is 0. The maximum absolute atomic E-state index is 9.02. The van der Waals surface area contributed by atoms with Crippen molar-refractivity contribution < 1.29 is 9.84 Å². The van der Waals surface area contributed by atoms with Gasteiger partial charge in [0.2, 0.25) is 0 Å². The lowest BCUT2D eigenvalue weighted by Gasteiger charge is -2.17. The van der Waals surface area contributed by atoms with E-state index in [1.807, 2.05) is 24.3 Å². The number of aliphatic hydroxyl groups is 1. The summed E-state index contributed by atoms with van der Waals surface area (Å²) in [7, 11) is 0. The molecule has 0 amide bonds. The van der Waals surface area contributed by atoms with E-state index >= 15 is 0 Å². The van der Waals surface area contributed by atoms with Gasteiger partial charge in [-0.25, -0.2) is 0 Å². The Bertz CT molecular complexity index is 467. The summed E-state index contributed by atoms with van der Waals surface area (Å²) in [5, 5.41) is 9.02.